The van der Waals surface area contributed by atoms with Gasteiger partial charge < -0.3 is 37.9 Å². The number of aromatic nitrogens is 6. The van der Waals surface area contributed by atoms with E-state index in [0.717, 1.165) is 9.13 Å². The highest BCUT2D eigenvalue weighted by Crippen LogP contribution is 2.49. The topological polar surface area (TPSA) is 204 Å². The number of benzene rings is 5. The van der Waals surface area contributed by atoms with Gasteiger partial charge >= 0.3 is 0 Å². The molecule has 300 valence electrons. The molecule has 5 aromatic carbocycles. The highest BCUT2D eigenvalue weighted by molar-refractivity contribution is 6.48. The molecule has 0 spiro atoms. The molecule has 0 saturated carbocycles. The third-order valence-corrected chi connectivity index (χ3v) is 10.5. The molecule has 0 amide bonds. The second kappa shape index (κ2) is 16.1. The summed E-state index contributed by atoms with van der Waals surface area (Å²) in [6.07, 6.45) is 0. The average molecular weight is 795 g/mol. The Labute approximate surface area is 326 Å². The largest absolute Gasteiger partial charge is 0.382 e. The fraction of sp³-hybridized carbons (Fsp3) is 0.400. The summed E-state index contributed by atoms with van der Waals surface area (Å²) in [5, 5.41) is 23.9. The van der Waals surface area contributed by atoms with Gasteiger partial charge in [0.2, 0.25) is 0 Å². The van der Waals surface area contributed by atoms with Gasteiger partial charge in [-0.05, 0) is 24.3 Å². The van der Waals surface area contributed by atoms with Crippen LogP contribution in [0.4, 0.5) is 0 Å². The monoisotopic (exact) mass is 794 g/mol. The summed E-state index contributed by atoms with van der Waals surface area (Å²) in [6, 6.07) is 6.53. The number of ether oxygens (including phenoxy) is 8. The van der Waals surface area contributed by atoms with Gasteiger partial charge in [-0.2, -0.15) is 0 Å². The second-order valence-electron chi connectivity index (χ2n) is 13.8. The predicted molar refractivity (Wildman–Crippen MR) is 214 cm³/mol. The van der Waals surface area contributed by atoms with Crippen LogP contribution in [0, 0.1) is 0 Å². The molecule has 0 aliphatic rings. The van der Waals surface area contributed by atoms with Crippen LogP contribution < -0.4 is 22.2 Å². The fourth-order valence-electron chi connectivity index (χ4n) is 7.91. The zero-order valence-electron chi connectivity index (χ0n) is 31.8. The van der Waals surface area contributed by atoms with Gasteiger partial charge in [0.25, 0.3) is 22.2 Å². The summed E-state index contributed by atoms with van der Waals surface area (Å²) in [5.41, 5.74) is -0.551. The molecule has 18 heteroatoms. The van der Waals surface area contributed by atoms with Crippen molar-refractivity contribution in [1.29, 1.82) is 0 Å². The van der Waals surface area contributed by atoms with Crippen molar-refractivity contribution < 1.29 is 37.9 Å². The molecule has 0 unspecified atom stereocenters. The number of pyridine rings is 2. The molecule has 0 radical (unpaired) electrons. The van der Waals surface area contributed by atoms with E-state index in [1.54, 1.807) is 38.5 Å². The summed E-state index contributed by atoms with van der Waals surface area (Å²) in [7, 11) is 3.20. The van der Waals surface area contributed by atoms with Gasteiger partial charge in [-0.25, -0.2) is 9.13 Å². The molecule has 0 aliphatic heterocycles. The Morgan fingerprint density at radius 3 is 0.897 bits per heavy atom. The van der Waals surface area contributed by atoms with Gasteiger partial charge in [0.15, 0.2) is 0 Å². The smallest absolute Gasteiger partial charge is 0.263 e. The molecule has 4 aromatic heterocycles. The van der Waals surface area contributed by atoms with Crippen LogP contribution in [0.15, 0.2) is 43.4 Å². The Morgan fingerprint density at radius 1 is 0.362 bits per heavy atom. The van der Waals surface area contributed by atoms with Crippen molar-refractivity contribution >= 4 is 86.7 Å². The summed E-state index contributed by atoms with van der Waals surface area (Å²) >= 11 is 0. The van der Waals surface area contributed by atoms with Crippen LogP contribution in [0.1, 0.15) is 0 Å². The van der Waals surface area contributed by atoms with E-state index < -0.39 is 22.2 Å². The molecule has 9 rings (SSSR count). The van der Waals surface area contributed by atoms with E-state index in [-0.39, 0.29) is 61.4 Å². The first-order valence-corrected chi connectivity index (χ1v) is 18.8. The fourth-order valence-corrected chi connectivity index (χ4v) is 7.91. The Hall–Kier alpha value is -5.44. The minimum Gasteiger partial charge on any atom is -0.382 e. The number of methoxy groups -OCH3 is 2. The van der Waals surface area contributed by atoms with Crippen molar-refractivity contribution in [2.75, 3.05) is 93.5 Å². The summed E-state index contributed by atoms with van der Waals surface area (Å²) in [4.78, 5) is 56.4. The normalized spacial score (nSPS) is 12.7. The quantitative estimate of drug-likeness (QED) is 0.0547. The molecule has 58 heavy (non-hydrogen) atoms. The van der Waals surface area contributed by atoms with E-state index in [9.17, 15) is 19.2 Å². The molecular weight excluding hydrogens is 756 g/mol. The van der Waals surface area contributed by atoms with E-state index in [2.05, 4.69) is 20.4 Å². The molecule has 0 fully saturated rings. The lowest BCUT2D eigenvalue weighted by molar-refractivity contribution is -0.00946. The van der Waals surface area contributed by atoms with Gasteiger partial charge in [-0.15, -0.1) is 20.4 Å². The number of nitrogens with zero attached hydrogens (tertiary/aromatic N) is 6. The van der Waals surface area contributed by atoms with Crippen LogP contribution in [0.5, 0.6) is 0 Å². The minimum absolute atomic E-state index is 0.141. The lowest BCUT2D eigenvalue weighted by Gasteiger charge is -2.21. The first-order valence-electron chi connectivity index (χ1n) is 18.8. The van der Waals surface area contributed by atoms with E-state index in [1.807, 2.05) is 0 Å². The maximum absolute atomic E-state index is 14.1. The van der Waals surface area contributed by atoms with E-state index in [0.29, 0.717) is 118 Å². The summed E-state index contributed by atoms with van der Waals surface area (Å²) in [5.74, 6) is 0. The number of hydrogen-bond acceptors (Lipinski definition) is 16. The standard InChI is InChI=1S/C40H38N6O12/c1-51-3-5-53-7-9-55-11-13-57-19-45-37(47)21-15-25-31-33-27(43-41-25)17-23-30-24(40(50)46(39(23)49)20-58-14-12-56-10-8-54-6-4-52-2)18-28-34(36(30)33)32-26(42-44-28)16-22(38(45)48)29(21)35(31)32/h15-18H,3-14,19-20H2,1-2H3. The van der Waals surface area contributed by atoms with Gasteiger partial charge in [-0.3, -0.25) is 19.2 Å². The van der Waals surface area contributed by atoms with Gasteiger partial charge in [0.1, 0.15) is 13.5 Å². The molecule has 0 bridgehead atoms. The van der Waals surface area contributed by atoms with Crippen molar-refractivity contribution in [3.8, 4) is 0 Å². The first-order chi connectivity index (χ1) is 28.4. The molecule has 0 N–H and O–H groups in total. The number of rotatable bonds is 22. The van der Waals surface area contributed by atoms with Crippen LogP contribution in [-0.2, 0) is 51.4 Å². The van der Waals surface area contributed by atoms with Crippen molar-refractivity contribution in [1.82, 2.24) is 29.5 Å². The van der Waals surface area contributed by atoms with Gasteiger partial charge in [0.05, 0.1) is 123 Å². The Bertz CT molecular complexity index is 2740. The molecule has 4 heterocycles. The van der Waals surface area contributed by atoms with E-state index in [4.69, 9.17) is 37.9 Å². The molecule has 18 nitrogen and oxygen atoms in total. The Kier molecular flexibility index (Phi) is 10.6. The van der Waals surface area contributed by atoms with Crippen molar-refractivity contribution in [2.45, 2.75) is 13.5 Å². The highest BCUT2D eigenvalue weighted by Gasteiger charge is 2.29. The average Bonchev–Trinajstić information content (AvgIpc) is 3.24. The summed E-state index contributed by atoms with van der Waals surface area (Å²) in [6.45, 7) is 3.60. The molecule has 0 aliphatic carbocycles. The van der Waals surface area contributed by atoms with Crippen LogP contribution in [-0.4, -0.2) is 123 Å². The predicted octanol–water partition coefficient (Wildman–Crippen LogP) is 2.03. The second-order valence-corrected chi connectivity index (χ2v) is 13.8. The SMILES string of the molecule is COCCOCCOCCOCn1c(=O)c2cc3nnc4cc5c(=O)n(COCCOCCOCCOC)c(=O)c6cc7nnc8cc(c1=O)c2c1c3c4c(c56)c7c81. The molecule has 0 saturated heterocycles. The number of hydrogen-bond donors (Lipinski definition) is 0. The maximum atomic E-state index is 14.1. The van der Waals surface area contributed by atoms with Crippen LogP contribution in [0.2, 0.25) is 0 Å². The zero-order chi connectivity index (χ0) is 39.9. The van der Waals surface area contributed by atoms with Gasteiger partial charge in [-0.1, -0.05) is 0 Å². The molecular formula is C40H38N6O12. The van der Waals surface area contributed by atoms with Crippen LogP contribution in [0.25, 0.3) is 86.7 Å². The lowest BCUT2D eigenvalue weighted by Crippen LogP contribution is -2.35. The summed E-state index contributed by atoms with van der Waals surface area (Å²) < 4.78 is 45.3. The maximum Gasteiger partial charge on any atom is 0.263 e. The third-order valence-electron chi connectivity index (χ3n) is 10.5. The zero-order valence-corrected chi connectivity index (χ0v) is 31.8. The Morgan fingerprint density at radius 2 is 0.621 bits per heavy atom. The van der Waals surface area contributed by atoms with Crippen LogP contribution in [0.3, 0.4) is 0 Å². The van der Waals surface area contributed by atoms with Crippen LogP contribution >= 0.6 is 0 Å². The lowest BCUT2D eigenvalue weighted by atomic mass is 9.84. The first kappa shape index (κ1) is 38.1. The van der Waals surface area contributed by atoms with E-state index >= 15 is 0 Å². The van der Waals surface area contributed by atoms with Crippen molar-refractivity contribution in [3.05, 3.63) is 65.7 Å². The van der Waals surface area contributed by atoms with Gasteiger partial charge in [0, 0.05) is 57.3 Å². The minimum atomic E-state index is -0.542. The van der Waals surface area contributed by atoms with E-state index in [1.165, 1.54) is 0 Å². The Balaban J connectivity index is 1.09. The van der Waals surface area contributed by atoms with Crippen molar-refractivity contribution in [2.24, 2.45) is 0 Å². The van der Waals surface area contributed by atoms with Crippen molar-refractivity contribution in [3.63, 3.8) is 0 Å². The third kappa shape index (κ3) is 6.29. The highest BCUT2D eigenvalue weighted by atomic mass is 16.6. The molecule has 0 atom stereocenters. The molecule has 9 aromatic rings.